The minimum Gasteiger partial charge on any atom is -0.480 e. The third-order valence-electron chi connectivity index (χ3n) is 5.57. The third-order valence-corrected chi connectivity index (χ3v) is 7.40. The average Bonchev–Trinajstić information content (AvgIpc) is 3.41. The van der Waals surface area contributed by atoms with E-state index in [1.54, 1.807) is 0 Å². The van der Waals surface area contributed by atoms with Crippen molar-refractivity contribution in [2.45, 2.75) is 31.1 Å². The number of amides is 2. The fourth-order valence-electron chi connectivity index (χ4n) is 4.00. The molecule has 0 fully saturated rings. The first kappa shape index (κ1) is 24.7. The Hall–Kier alpha value is -3.37. The zero-order valence-electron chi connectivity index (χ0n) is 19.0. The zero-order valence-corrected chi connectivity index (χ0v) is 20.7. The maximum absolute atomic E-state index is 12.4. The monoisotopic (exact) mass is 511 g/mol. The van der Waals surface area contributed by atoms with Crippen molar-refractivity contribution in [3.63, 3.8) is 0 Å². The molecule has 1 aromatic heterocycles. The Bertz CT molecular complexity index is 1180. The van der Waals surface area contributed by atoms with Crippen LogP contribution in [0.4, 0.5) is 9.93 Å². The van der Waals surface area contributed by atoms with E-state index in [0.717, 1.165) is 27.9 Å². The number of rotatable bonds is 10. The molecule has 0 aliphatic heterocycles. The van der Waals surface area contributed by atoms with E-state index in [-0.39, 0.29) is 24.9 Å². The zero-order chi connectivity index (χ0) is 24.8. The first-order valence-electron chi connectivity index (χ1n) is 11.1. The van der Waals surface area contributed by atoms with Gasteiger partial charge in [-0.15, -0.1) is 11.3 Å². The summed E-state index contributed by atoms with van der Waals surface area (Å²) in [6, 6.07) is 15.0. The van der Waals surface area contributed by atoms with Crippen LogP contribution in [0, 0.1) is 0 Å². The van der Waals surface area contributed by atoms with Gasteiger partial charge in [0.15, 0.2) is 5.13 Å². The minimum absolute atomic E-state index is 0.0903. The van der Waals surface area contributed by atoms with Crippen molar-refractivity contribution in [3.05, 3.63) is 70.7 Å². The van der Waals surface area contributed by atoms with Gasteiger partial charge in [0.2, 0.25) is 5.91 Å². The molecule has 35 heavy (non-hydrogen) atoms. The number of nitrogens with zero attached hydrogens (tertiary/aromatic N) is 1. The van der Waals surface area contributed by atoms with E-state index >= 15 is 0 Å². The molecule has 0 spiro atoms. The number of alkyl carbamates (subject to hydrolysis) is 1. The van der Waals surface area contributed by atoms with E-state index in [9.17, 15) is 19.5 Å². The van der Waals surface area contributed by atoms with Crippen molar-refractivity contribution < 1.29 is 24.2 Å². The third kappa shape index (κ3) is 6.20. The van der Waals surface area contributed by atoms with Crippen molar-refractivity contribution in [2.75, 3.05) is 17.7 Å². The van der Waals surface area contributed by atoms with Gasteiger partial charge in [-0.2, -0.15) is 11.8 Å². The molecule has 2 amide bonds. The number of fused-ring (bicyclic) bond motifs is 3. The number of ether oxygens (including phenoxy) is 1. The second kappa shape index (κ2) is 11.4. The number of carboxylic acid groups (broad SMARTS) is 1. The lowest BCUT2D eigenvalue weighted by atomic mass is 9.98. The van der Waals surface area contributed by atoms with Crippen LogP contribution >= 0.6 is 23.1 Å². The SMILES string of the molecule is CC(=O)Nc1nc(CSCCC(NC(=O)OCC2c3ccccc3-c3ccccc32)C(=O)O)cs1. The van der Waals surface area contributed by atoms with Crippen molar-refractivity contribution in [1.82, 2.24) is 10.3 Å². The first-order valence-corrected chi connectivity index (χ1v) is 13.1. The van der Waals surface area contributed by atoms with Gasteiger partial charge < -0.3 is 20.5 Å². The van der Waals surface area contributed by atoms with E-state index in [1.807, 2.05) is 41.8 Å². The van der Waals surface area contributed by atoms with E-state index in [1.165, 1.54) is 30.0 Å². The Morgan fingerprint density at radius 1 is 1.11 bits per heavy atom. The first-order chi connectivity index (χ1) is 16.9. The molecule has 1 aliphatic rings. The van der Waals surface area contributed by atoms with Crippen LogP contribution in [-0.2, 0) is 20.1 Å². The molecule has 3 N–H and O–H groups in total. The molecule has 10 heteroatoms. The van der Waals surface area contributed by atoms with Gasteiger partial charge in [-0.3, -0.25) is 4.79 Å². The average molecular weight is 512 g/mol. The van der Waals surface area contributed by atoms with Gasteiger partial charge in [0.25, 0.3) is 0 Å². The summed E-state index contributed by atoms with van der Waals surface area (Å²) < 4.78 is 5.47. The molecule has 0 radical (unpaired) electrons. The molecule has 0 bridgehead atoms. The number of carbonyl (C=O) groups excluding carboxylic acids is 2. The van der Waals surface area contributed by atoms with Crippen molar-refractivity contribution >= 4 is 46.2 Å². The molecule has 8 nitrogen and oxygen atoms in total. The summed E-state index contributed by atoms with van der Waals surface area (Å²) in [5.41, 5.74) is 5.25. The Balaban J connectivity index is 1.26. The van der Waals surface area contributed by atoms with E-state index in [2.05, 4.69) is 27.8 Å². The Labute approximate surface area is 211 Å². The van der Waals surface area contributed by atoms with E-state index in [0.29, 0.717) is 16.6 Å². The van der Waals surface area contributed by atoms with Crippen LogP contribution in [0.2, 0.25) is 0 Å². The predicted octanol–water partition coefficient (Wildman–Crippen LogP) is 4.72. The van der Waals surface area contributed by atoms with E-state index in [4.69, 9.17) is 4.74 Å². The van der Waals surface area contributed by atoms with Gasteiger partial charge in [-0.1, -0.05) is 48.5 Å². The highest BCUT2D eigenvalue weighted by atomic mass is 32.2. The summed E-state index contributed by atoms with van der Waals surface area (Å²) in [6.07, 6.45) is -0.504. The van der Waals surface area contributed by atoms with Crippen LogP contribution in [0.3, 0.4) is 0 Å². The van der Waals surface area contributed by atoms with Gasteiger partial charge in [-0.25, -0.2) is 14.6 Å². The number of aliphatic carboxylic acids is 1. The van der Waals surface area contributed by atoms with Crippen molar-refractivity contribution in [2.24, 2.45) is 0 Å². The van der Waals surface area contributed by atoms with Crippen molar-refractivity contribution in [1.29, 1.82) is 0 Å². The Kier molecular flexibility index (Phi) is 8.04. The number of thiazole rings is 1. The molecule has 1 heterocycles. The molecule has 1 aliphatic carbocycles. The van der Waals surface area contributed by atoms with Gasteiger partial charge in [0, 0.05) is 24.0 Å². The molecule has 0 saturated carbocycles. The standard InChI is InChI=1S/C25H25N3O5S2/c1-15(29)26-24-27-16(14-35-24)13-34-11-10-22(23(30)31)28-25(32)33-12-21-19-8-4-2-6-17(19)18-7-3-5-9-20(18)21/h2-9,14,21-22H,10-13H2,1H3,(H,28,32)(H,30,31)(H,26,27,29). The van der Waals surface area contributed by atoms with Crippen LogP contribution in [0.1, 0.15) is 36.1 Å². The predicted molar refractivity (Wildman–Crippen MR) is 137 cm³/mol. The van der Waals surface area contributed by atoms with Gasteiger partial charge >= 0.3 is 12.1 Å². The second-order valence-corrected chi connectivity index (χ2v) is 9.99. The number of nitrogens with one attached hydrogen (secondary N) is 2. The highest BCUT2D eigenvalue weighted by molar-refractivity contribution is 7.98. The number of anilines is 1. The highest BCUT2D eigenvalue weighted by Crippen LogP contribution is 2.44. The Morgan fingerprint density at radius 3 is 2.40 bits per heavy atom. The summed E-state index contributed by atoms with van der Waals surface area (Å²) in [5.74, 6) is -0.295. The maximum Gasteiger partial charge on any atom is 0.407 e. The molecule has 1 unspecified atom stereocenters. The number of benzene rings is 2. The molecular formula is C25H25N3O5S2. The van der Waals surface area contributed by atoms with Crippen LogP contribution in [0.25, 0.3) is 11.1 Å². The lowest BCUT2D eigenvalue weighted by Gasteiger charge is -2.17. The number of aromatic nitrogens is 1. The molecule has 182 valence electrons. The summed E-state index contributed by atoms with van der Waals surface area (Å²) in [6.45, 7) is 1.55. The molecule has 4 rings (SSSR count). The largest absolute Gasteiger partial charge is 0.480 e. The fourth-order valence-corrected chi connectivity index (χ4v) is 5.76. The van der Waals surface area contributed by atoms with Crippen LogP contribution in [0.5, 0.6) is 0 Å². The highest BCUT2D eigenvalue weighted by Gasteiger charge is 2.29. The smallest absolute Gasteiger partial charge is 0.407 e. The number of thioether (sulfide) groups is 1. The summed E-state index contributed by atoms with van der Waals surface area (Å²) in [7, 11) is 0. The Morgan fingerprint density at radius 2 is 1.77 bits per heavy atom. The van der Waals surface area contributed by atoms with Gasteiger partial charge in [0.1, 0.15) is 12.6 Å². The fraction of sp³-hybridized carbons (Fsp3) is 0.280. The molecule has 3 aromatic rings. The molecule has 1 atom stereocenters. The minimum atomic E-state index is -1.11. The van der Waals surface area contributed by atoms with Crippen LogP contribution in [0.15, 0.2) is 53.9 Å². The lowest BCUT2D eigenvalue weighted by Crippen LogP contribution is -2.41. The summed E-state index contributed by atoms with van der Waals surface area (Å²) >= 11 is 2.84. The lowest BCUT2D eigenvalue weighted by molar-refractivity contribution is -0.139. The van der Waals surface area contributed by atoms with Crippen molar-refractivity contribution in [3.8, 4) is 11.1 Å². The number of carboxylic acids is 1. The summed E-state index contributed by atoms with van der Waals surface area (Å²) in [4.78, 5) is 39.5. The molecular weight excluding hydrogens is 486 g/mol. The van der Waals surface area contributed by atoms with Crippen LogP contribution < -0.4 is 10.6 Å². The maximum atomic E-state index is 12.4. The van der Waals surface area contributed by atoms with Gasteiger partial charge in [-0.05, 0) is 34.4 Å². The second-order valence-electron chi connectivity index (χ2n) is 8.03. The van der Waals surface area contributed by atoms with E-state index < -0.39 is 18.1 Å². The van der Waals surface area contributed by atoms with Gasteiger partial charge in [0.05, 0.1) is 5.69 Å². The molecule has 0 saturated heterocycles. The number of hydrogen-bond acceptors (Lipinski definition) is 7. The number of carbonyl (C=O) groups is 3. The number of hydrogen-bond donors (Lipinski definition) is 3. The van der Waals surface area contributed by atoms with Crippen LogP contribution in [-0.4, -0.2) is 46.5 Å². The molecule has 2 aromatic carbocycles. The summed E-state index contributed by atoms with van der Waals surface area (Å²) in [5, 5.41) is 17.0. The topological polar surface area (TPSA) is 118 Å². The normalized spacial score (nSPS) is 12.9. The quantitative estimate of drug-likeness (QED) is 0.337.